The Kier molecular flexibility index (Phi) is 5.22. The van der Waals surface area contributed by atoms with Gasteiger partial charge in [-0.3, -0.25) is 9.36 Å². The summed E-state index contributed by atoms with van der Waals surface area (Å²) < 4.78 is 32.8. The SMILES string of the molecule is COCC(CO)NS(=O)(=O)c1cn(C)c(=O)n(C)c1=O. The van der Waals surface area contributed by atoms with Gasteiger partial charge in [0, 0.05) is 27.4 Å². The van der Waals surface area contributed by atoms with Crippen molar-refractivity contribution >= 4 is 10.0 Å². The molecule has 0 spiro atoms. The van der Waals surface area contributed by atoms with Crippen LogP contribution in [0.15, 0.2) is 20.7 Å². The number of aliphatic hydroxyl groups excluding tert-OH is 1. The number of aromatic nitrogens is 2. The van der Waals surface area contributed by atoms with Crippen LogP contribution >= 0.6 is 0 Å². The zero-order valence-corrected chi connectivity index (χ0v) is 12.2. The summed E-state index contributed by atoms with van der Waals surface area (Å²) >= 11 is 0. The lowest BCUT2D eigenvalue weighted by Gasteiger charge is -2.15. The monoisotopic (exact) mass is 307 g/mol. The van der Waals surface area contributed by atoms with Gasteiger partial charge in [-0.05, 0) is 0 Å². The molecule has 9 nitrogen and oxygen atoms in total. The first kappa shape index (κ1) is 16.6. The van der Waals surface area contributed by atoms with Crippen molar-refractivity contribution < 1.29 is 18.3 Å². The fourth-order valence-electron chi connectivity index (χ4n) is 1.57. The maximum Gasteiger partial charge on any atom is 0.330 e. The molecule has 114 valence electrons. The lowest BCUT2D eigenvalue weighted by Crippen LogP contribution is -2.45. The number of nitrogens with one attached hydrogen (secondary N) is 1. The molecule has 1 unspecified atom stereocenters. The Morgan fingerprint density at radius 2 is 2.00 bits per heavy atom. The number of hydrogen-bond donors (Lipinski definition) is 2. The smallest absolute Gasteiger partial charge is 0.330 e. The van der Waals surface area contributed by atoms with E-state index >= 15 is 0 Å². The first-order valence-corrected chi connectivity index (χ1v) is 7.11. The van der Waals surface area contributed by atoms with Gasteiger partial charge in [0.2, 0.25) is 10.0 Å². The molecule has 10 heteroatoms. The van der Waals surface area contributed by atoms with Crippen molar-refractivity contribution in [1.82, 2.24) is 13.9 Å². The number of nitrogens with zero attached hydrogens (tertiary/aromatic N) is 2. The second-order valence-electron chi connectivity index (χ2n) is 4.21. The Balaban J connectivity index is 3.30. The molecule has 0 amide bonds. The van der Waals surface area contributed by atoms with Crippen LogP contribution in [-0.4, -0.2) is 49.0 Å². The van der Waals surface area contributed by atoms with Crippen LogP contribution in [-0.2, 0) is 28.9 Å². The van der Waals surface area contributed by atoms with Gasteiger partial charge in [0.1, 0.15) is 0 Å². The van der Waals surface area contributed by atoms with E-state index in [4.69, 9.17) is 9.84 Å². The molecule has 1 aromatic rings. The fraction of sp³-hybridized carbons (Fsp3) is 0.600. The van der Waals surface area contributed by atoms with E-state index in [0.29, 0.717) is 4.57 Å². The lowest BCUT2D eigenvalue weighted by atomic mass is 10.4. The van der Waals surface area contributed by atoms with Crippen LogP contribution in [0.3, 0.4) is 0 Å². The van der Waals surface area contributed by atoms with Crippen molar-refractivity contribution in [2.75, 3.05) is 20.3 Å². The Hall–Kier alpha value is -1.49. The minimum atomic E-state index is -4.17. The van der Waals surface area contributed by atoms with Crippen molar-refractivity contribution in [1.29, 1.82) is 0 Å². The topological polar surface area (TPSA) is 120 Å². The van der Waals surface area contributed by atoms with Crippen LogP contribution in [0.2, 0.25) is 0 Å². The maximum atomic E-state index is 12.1. The number of aliphatic hydroxyl groups is 1. The number of sulfonamides is 1. The lowest BCUT2D eigenvalue weighted by molar-refractivity contribution is 0.139. The summed E-state index contributed by atoms with van der Waals surface area (Å²) in [6.45, 7) is -0.541. The van der Waals surface area contributed by atoms with E-state index < -0.39 is 38.8 Å². The quantitative estimate of drug-likeness (QED) is 0.593. The Labute approximate surface area is 115 Å². The molecule has 0 saturated carbocycles. The summed E-state index contributed by atoms with van der Waals surface area (Å²) in [5, 5.41) is 9.04. The van der Waals surface area contributed by atoms with Crippen LogP contribution in [0.25, 0.3) is 0 Å². The minimum Gasteiger partial charge on any atom is -0.395 e. The third kappa shape index (κ3) is 3.33. The third-order valence-corrected chi connectivity index (χ3v) is 4.12. The van der Waals surface area contributed by atoms with Crippen molar-refractivity contribution in [2.45, 2.75) is 10.9 Å². The molecule has 0 saturated heterocycles. The van der Waals surface area contributed by atoms with Gasteiger partial charge in [-0.25, -0.2) is 17.9 Å². The van der Waals surface area contributed by atoms with Gasteiger partial charge in [-0.15, -0.1) is 0 Å². The number of methoxy groups -OCH3 is 1. The van der Waals surface area contributed by atoms with Gasteiger partial charge in [-0.1, -0.05) is 0 Å². The molecule has 0 aliphatic rings. The molecule has 20 heavy (non-hydrogen) atoms. The standard InChI is InChI=1S/C10H17N3O6S/c1-12-4-8(9(15)13(2)10(12)16)20(17,18)11-7(5-14)6-19-3/h4,7,11,14H,5-6H2,1-3H3. The van der Waals surface area contributed by atoms with Crippen LogP contribution in [0.5, 0.6) is 0 Å². The summed E-state index contributed by atoms with van der Waals surface area (Å²) in [6, 6.07) is -0.882. The Morgan fingerprint density at radius 3 is 2.50 bits per heavy atom. The molecule has 0 aliphatic carbocycles. The zero-order chi connectivity index (χ0) is 15.5. The highest BCUT2D eigenvalue weighted by Crippen LogP contribution is 2.01. The first-order chi connectivity index (χ1) is 9.24. The van der Waals surface area contributed by atoms with E-state index in [1.807, 2.05) is 0 Å². The predicted octanol–water partition coefficient (Wildman–Crippen LogP) is -2.63. The molecular formula is C10H17N3O6S. The molecule has 0 radical (unpaired) electrons. The highest BCUT2D eigenvalue weighted by Gasteiger charge is 2.24. The van der Waals surface area contributed by atoms with Crippen molar-refractivity contribution in [3.05, 3.63) is 27.0 Å². The Morgan fingerprint density at radius 1 is 1.40 bits per heavy atom. The van der Waals surface area contributed by atoms with Gasteiger partial charge >= 0.3 is 5.69 Å². The highest BCUT2D eigenvalue weighted by atomic mass is 32.2. The number of aryl methyl sites for hydroxylation is 1. The van der Waals surface area contributed by atoms with Gasteiger partial charge < -0.3 is 14.4 Å². The van der Waals surface area contributed by atoms with E-state index in [9.17, 15) is 18.0 Å². The second-order valence-corrected chi connectivity index (χ2v) is 5.89. The van der Waals surface area contributed by atoms with Crippen molar-refractivity contribution in [2.24, 2.45) is 14.1 Å². The van der Waals surface area contributed by atoms with E-state index in [1.165, 1.54) is 21.2 Å². The van der Waals surface area contributed by atoms with E-state index in [1.54, 1.807) is 0 Å². The molecule has 1 heterocycles. The number of hydrogen-bond acceptors (Lipinski definition) is 6. The van der Waals surface area contributed by atoms with Crippen molar-refractivity contribution in [3.63, 3.8) is 0 Å². The predicted molar refractivity (Wildman–Crippen MR) is 70.0 cm³/mol. The van der Waals surface area contributed by atoms with Crippen LogP contribution < -0.4 is 16.0 Å². The molecule has 0 fully saturated rings. The average Bonchev–Trinajstić information content (AvgIpc) is 2.39. The zero-order valence-electron chi connectivity index (χ0n) is 11.4. The van der Waals surface area contributed by atoms with E-state index in [2.05, 4.69) is 4.72 Å². The van der Waals surface area contributed by atoms with E-state index in [-0.39, 0.29) is 6.61 Å². The summed E-state index contributed by atoms with van der Waals surface area (Å²) in [4.78, 5) is 22.8. The van der Waals surface area contributed by atoms with Crippen LogP contribution in [0, 0.1) is 0 Å². The normalized spacial score (nSPS) is 13.4. The summed E-state index contributed by atoms with van der Waals surface area (Å²) in [7, 11) is -0.304. The molecule has 2 N–H and O–H groups in total. The average molecular weight is 307 g/mol. The van der Waals surface area contributed by atoms with Gasteiger partial charge in [0.05, 0.1) is 19.3 Å². The van der Waals surface area contributed by atoms with Crippen molar-refractivity contribution in [3.8, 4) is 0 Å². The molecule has 0 aliphatic heterocycles. The minimum absolute atomic E-state index is 0.0538. The fourth-order valence-corrected chi connectivity index (χ4v) is 2.94. The largest absolute Gasteiger partial charge is 0.395 e. The van der Waals surface area contributed by atoms with Crippen LogP contribution in [0.1, 0.15) is 0 Å². The van der Waals surface area contributed by atoms with E-state index in [0.717, 1.165) is 10.8 Å². The number of ether oxygens (including phenoxy) is 1. The van der Waals surface area contributed by atoms with Gasteiger partial charge in [0.15, 0.2) is 4.90 Å². The van der Waals surface area contributed by atoms with Gasteiger partial charge in [0.25, 0.3) is 5.56 Å². The molecule has 0 bridgehead atoms. The molecular weight excluding hydrogens is 290 g/mol. The maximum absolute atomic E-state index is 12.1. The summed E-state index contributed by atoms with van der Waals surface area (Å²) in [5.41, 5.74) is -1.57. The van der Waals surface area contributed by atoms with Crippen LogP contribution in [0.4, 0.5) is 0 Å². The molecule has 0 aromatic carbocycles. The Bertz CT molecular complexity index is 690. The summed E-state index contributed by atoms with van der Waals surface area (Å²) in [6.07, 6.45) is 0.939. The second kappa shape index (κ2) is 6.31. The number of rotatable bonds is 6. The first-order valence-electron chi connectivity index (χ1n) is 5.63. The molecule has 1 atom stereocenters. The highest BCUT2D eigenvalue weighted by molar-refractivity contribution is 7.89. The molecule has 1 rings (SSSR count). The summed E-state index contributed by atoms with van der Waals surface area (Å²) in [5.74, 6) is 0. The third-order valence-electron chi connectivity index (χ3n) is 2.61. The van der Waals surface area contributed by atoms with Gasteiger partial charge in [-0.2, -0.15) is 0 Å². The molecule has 1 aromatic heterocycles.